The van der Waals surface area contributed by atoms with Gasteiger partial charge in [0.05, 0.1) is 12.8 Å². The number of halogens is 1. The van der Waals surface area contributed by atoms with Crippen molar-refractivity contribution >= 4 is 29.1 Å². The summed E-state index contributed by atoms with van der Waals surface area (Å²) in [6.07, 6.45) is 1.71. The summed E-state index contributed by atoms with van der Waals surface area (Å²) in [5.41, 5.74) is 4.17. The topological polar surface area (TPSA) is 59.1 Å². The number of hydrogen-bond acceptors (Lipinski definition) is 5. The van der Waals surface area contributed by atoms with Gasteiger partial charge in [-0.3, -0.25) is 0 Å². The second-order valence-corrected chi connectivity index (χ2v) is 6.44. The van der Waals surface area contributed by atoms with Crippen molar-refractivity contribution in [1.82, 2.24) is 9.97 Å². The third-order valence-corrected chi connectivity index (χ3v) is 4.34. The van der Waals surface area contributed by atoms with E-state index in [0.29, 0.717) is 29.1 Å². The van der Waals surface area contributed by atoms with Gasteiger partial charge in [0.1, 0.15) is 11.6 Å². The molecule has 1 heterocycles. The van der Waals surface area contributed by atoms with Crippen molar-refractivity contribution in [2.24, 2.45) is 0 Å². The van der Waals surface area contributed by atoms with Gasteiger partial charge in [0.2, 0.25) is 5.95 Å². The van der Waals surface area contributed by atoms with Crippen molar-refractivity contribution in [3.8, 4) is 5.75 Å². The van der Waals surface area contributed by atoms with Crippen LogP contribution < -0.4 is 15.4 Å². The van der Waals surface area contributed by atoms with Crippen LogP contribution in [0.2, 0.25) is 5.02 Å². The summed E-state index contributed by atoms with van der Waals surface area (Å²) in [5, 5.41) is 7.18. The smallest absolute Gasteiger partial charge is 0.224 e. The highest BCUT2D eigenvalue weighted by Crippen LogP contribution is 2.32. The lowest BCUT2D eigenvalue weighted by Gasteiger charge is -2.13. The first-order valence-corrected chi connectivity index (χ1v) is 8.66. The maximum atomic E-state index is 6.16. The van der Waals surface area contributed by atoms with Crippen LogP contribution in [0.3, 0.4) is 0 Å². The van der Waals surface area contributed by atoms with Crippen molar-refractivity contribution in [2.75, 3.05) is 17.7 Å². The molecule has 0 aliphatic carbocycles. The highest BCUT2D eigenvalue weighted by molar-refractivity contribution is 6.31. The van der Waals surface area contributed by atoms with Crippen molar-refractivity contribution in [3.05, 3.63) is 70.4 Å². The van der Waals surface area contributed by atoms with Crippen LogP contribution in [-0.2, 0) is 6.54 Å². The monoisotopic (exact) mass is 368 g/mol. The molecule has 0 bridgehead atoms. The molecule has 0 aliphatic rings. The minimum absolute atomic E-state index is 0.557. The maximum absolute atomic E-state index is 6.16. The molecule has 3 aromatic rings. The standard InChI is InChI=1S/C20H21ClN4O/c1-13-5-4-6-15(9-13)12-23-20-22-8-7-19(25-20)24-17-10-14(2)16(21)11-18(17)26-3/h4-11H,12H2,1-3H3,(H2,22,23,24,25). The fourth-order valence-electron chi connectivity index (χ4n) is 2.58. The molecule has 0 atom stereocenters. The van der Waals surface area contributed by atoms with Gasteiger partial charge in [0.25, 0.3) is 0 Å². The maximum Gasteiger partial charge on any atom is 0.224 e. The quantitative estimate of drug-likeness (QED) is 0.633. The molecule has 5 nitrogen and oxygen atoms in total. The van der Waals surface area contributed by atoms with Gasteiger partial charge in [-0.05, 0) is 37.1 Å². The molecule has 26 heavy (non-hydrogen) atoms. The molecule has 0 fully saturated rings. The number of benzene rings is 2. The average Bonchev–Trinajstić information content (AvgIpc) is 2.63. The predicted molar refractivity (Wildman–Crippen MR) is 107 cm³/mol. The summed E-state index contributed by atoms with van der Waals surface area (Å²) in [7, 11) is 1.61. The lowest BCUT2D eigenvalue weighted by atomic mass is 10.1. The molecular weight excluding hydrogens is 348 g/mol. The number of aryl methyl sites for hydroxylation is 2. The Bertz CT molecular complexity index is 914. The first-order chi connectivity index (χ1) is 12.5. The summed E-state index contributed by atoms with van der Waals surface area (Å²) in [6.45, 7) is 4.68. The molecule has 0 unspecified atom stereocenters. The molecular formula is C20H21ClN4O. The minimum atomic E-state index is 0.557. The molecule has 0 aliphatic heterocycles. The third-order valence-electron chi connectivity index (χ3n) is 3.93. The van der Waals surface area contributed by atoms with E-state index in [4.69, 9.17) is 16.3 Å². The van der Waals surface area contributed by atoms with Crippen molar-refractivity contribution in [1.29, 1.82) is 0 Å². The summed E-state index contributed by atoms with van der Waals surface area (Å²) < 4.78 is 5.39. The van der Waals surface area contributed by atoms with E-state index >= 15 is 0 Å². The Morgan fingerprint density at radius 3 is 2.73 bits per heavy atom. The molecule has 0 spiro atoms. The Kier molecular flexibility index (Phi) is 5.58. The Hall–Kier alpha value is -2.79. The van der Waals surface area contributed by atoms with E-state index in [1.165, 1.54) is 11.1 Å². The van der Waals surface area contributed by atoms with E-state index in [-0.39, 0.29) is 0 Å². The van der Waals surface area contributed by atoms with Crippen LogP contribution >= 0.6 is 11.6 Å². The number of anilines is 3. The Morgan fingerprint density at radius 2 is 1.96 bits per heavy atom. The van der Waals surface area contributed by atoms with Crippen molar-refractivity contribution < 1.29 is 4.74 Å². The third kappa shape index (κ3) is 4.43. The van der Waals surface area contributed by atoms with Crippen LogP contribution in [0.15, 0.2) is 48.7 Å². The average molecular weight is 369 g/mol. The molecule has 2 aromatic carbocycles. The van der Waals surface area contributed by atoms with Gasteiger partial charge in [-0.1, -0.05) is 41.4 Å². The minimum Gasteiger partial charge on any atom is -0.495 e. The highest BCUT2D eigenvalue weighted by atomic mass is 35.5. The Morgan fingerprint density at radius 1 is 1.12 bits per heavy atom. The van der Waals surface area contributed by atoms with E-state index in [0.717, 1.165) is 11.3 Å². The number of nitrogens with zero attached hydrogens (tertiary/aromatic N) is 2. The number of hydrogen-bond donors (Lipinski definition) is 2. The van der Waals surface area contributed by atoms with Gasteiger partial charge in [0, 0.05) is 23.8 Å². The summed E-state index contributed by atoms with van der Waals surface area (Å²) in [6, 6.07) is 13.9. The molecule has 0 amide bonds. The van der Waals surface area contributed by atoms with Crippen LogP contribution in [-0.4, -0.2) is 17.1 Å². The zero-order valence-electron chi connectivity index (χ0n) is 15.0. The number of nitrogens with one attached hydrogen (secondary N) is 2. The largest absolute Gasteiger partial charge is 0.495 e. The molecule has 0 saturated heterocycles. The normalized spacial score (nSPS) is 10.5. The number of methoxy groups -OCH3 is 1. The molecule has 1 aromatic heterocycles. The summed E-state index contributed by atoms with van der Waals surface area (Å²) >= 11 is 6.16. The lowest BCUT2D eigenvalue weighted by molar-refractivity contribution is 0.416. The van der Waals surface area contributed by atoms with Gasteiger partial charge >= 0.3 is 0 Å². The van der Waals surface area contributed by atoms with Gasteiger partial charge in [0.15, 0.2) is 0 Å². The molecule has 0 radical (unpaired) electrons. The number of aromatic nitrogens is 2. The first-order valence-electron chi connectivity index (χ1n) is 8.29. The fourth-order valence-corrected chi connectivity index (χ4v) is 2.74. The highest BCUT2D eigenvalue weighted by Gasteiger charge is 2.08. The SMILES string of the molecule is COc1cc(Cl)c(C)cc1Nc1ccnc(NCc2cccc(C)c2)n1. The summed E-state index contributed by atoms with van der Waals surface area (Å²) in [4.78, 5) is 8.79. The van der Waals surface area contributed by atoms with Crippen LogP contribution in [0.5, 0.6) is 5.75 Å². The predicted octanol–water partition coefficient (Wildman–Crippen LogP) is 5.11. The number of ether oxygens (including phenoxy) is 1. The van der Waals surface area contributed by atoms with Gasteiger partial charge in [-0.2, -0.15) is 4.98 Å². The van der Waals surface area contributed by atoms with Gasteiger partial charge < -0.3 is 15.4 Å². The van der Waals surface area contributed by atoms with Crippen LogP contribution in [0.1, 0.15) is 16.7 Å². The second kappa shape index (κ2) is 8.06. The van der Waals surface area contributed by atoms with E-state index < -0.39 is 0 Å². The van der Waals surface area contributed by atoms with E-state index in [1.54, 1.807) is 25.4 Å². The lowest BCUT2D eigenvalue weighted by Crippen LogP contribution is -2.05. The first kappa shape index (κ1) is 18.0. The molecule has 134 valence electrons. The summed E-state index contributed by atoms with van der Waals surface area (Å²) in [5.74, 6) is 1.89. The van der Waals surface area contributed by atoms with Crippen LogP contribution in [0.25, 0.3) is 0 Å². The van der Waals surface area contributed by atoms with Gasteiger partial charge in [-0.15, -0.1) is 0 Å². The van der Waals surface area contributed by atoms with Crippen molar-refractivity contribution in [3.63, 3.8) is 0 Å². The molecule has 2 N–H and O–H groups in total. The molecule has 3 rings (SSSR count). The van der Waals surface area contributed by atoms with Gasteiger partial charge in [-0.25, -0.2) is 4.98 Å². The number of rotatable bonds is 6. The zero-order chi connectivity index (χ0) is 18.5. The second-order valence-electron chi connectivity index (χ2n) is 6.03. The Labute approximate surface area is 158 Å². The van der Waals surface area contributed by atoms with E-state index in [1.807, 2.05) is 19.1 Å². The van der Waals surface area contributed by atoms with Crippen molar-refractivity contribution in [2.45, 2.75) is 20.4 Å². The molecule has 6 heteroatoms. The van der Waals surface area contributed by atoms with E-state index in [2.05, 4.69) is 45.7 Å². The molecule has 0 saturated carbocycles. The Balaban J connectivity index is 1.74. The van der Waals surface area contributed by atoms with Crippen LogP contribution in [0, 0.1) is 13.8 Å². The van der Waals surface area contributed by atoms with E-state index in [9.17, 15) is 0 Å². The fraction of sp³-hybridized carbons (Fsp3) is 0.200. The van der Waals surface area contributed by atoms with Crippen LogP contribution in [0.4, 0.5) is 17.5 Å². The zero-order valence-corrected chi connectivity index (χ0v) is 15.8.